The maximum Gasteiger partial charge on any atom is 0.250 e. The zero-order valence-corrected chi connectivity index (χ0v) is 13.6. The van der Waals surface area contributed by atoms with Crippen LogP contribution in [0.4, 0.5) is 0 Å². The number of hydrogen-bond donors (Lipinski definition) is 1. The number of pyridine rings is 1. The Morgan fingerprint density at radius 1 is 1.42 bits per heavy atom. The molecule has 0 aliphatic rings. The molecule has 0 saturated carbocycles. The minimum Gasteiger partial charge on any atom is -0.542 e. The molecule has 0 unspecified atom stereocenters. The monoisotopic (exact) mass is 281 g/mol. The van der Waals surface area contributed by atoms with E-state index in [1.54, 1.807) is 0 Å². The van der Waals surface area contributed by atoms with Crippen LogP contribution in [-0.4, -0.2) is 24.7 Å². The molecule has 0 bridgehead atoms. The third-order valence-electron chi connectivity index (χ3n) is 3.78. The zero-order chi connectivity index (χ0) is 14.8. The highest BCUT2D eigenvalue weighted by Gasteiger charge is 2.40. The molecule has 1 aromatic heterocycles. The van der Waals surface area contributed by atoms with Crippen LogP contribution in [0.5, 0.6) is 5.75 Å². The van der Waals surface area contributed by atoms with Crippen LogP contribution < -0.4 is 4.43 Å². The Kier molecular flexibility index (Phi) is 4.53. The molecule has 1 aromatic rings. The number of aldehydes is 1. The fourth-order valence-corrected chi connectivity index (χ4v) is 2.51. The number of carbonyl (C=O) groups is 1. The fourth-order valence-electron chi connectivity index (χ4n) is 1.44. The molecule has 1 N–H and O–H groups in total. The minimum absolute atomic E-state index is 0.0365. The number of aromatic nitrogens is 1. The maximum atomic E-state index is 11.3. The van der Waals surface area contributed by atoms with Gasteiger partial charge in [-0.1, -0.05) is 20.8 Å². The normalized spacial score (nSPS) is 12.4. The first-order valence-corrected chi connectivity index (χ1v) is 9.28. The van der Waals surface area contributed by atoms with Crippen molar-refractivity contribution in [2.75, 3.05) is 0 Å². The summed E-state index contributed by atoms with van der Waals surface area (Å²) in [5.74, 6) is 0.521. The van der Waals surface area contributed by atoms with E-state index in [0.29, 0.717) is 22.6 Å². The molecule has 0 fully saturated rings. The van der Waals surface area contributed by atoms with Crippen LogP contribution in [0.2, 0.25) is 18.1 Å². The van der Waals surface area contributed by atoms with Gasteiger partial charge in [-0.3, -0.25) is 9.78 Å². The molecule has 0 saturated heterocycles. The largest absolute Gasteiger partial charge is 0.542 e. The Bertz CT molecular complexity index is 478. The van der Waals surface area contributed by atoms with E-state index in [2.05, 4.69) is 38.8 Å². The molecule has 0 spiro atoms. The van der Waals surface area contributed by atoms with Crippen LogP contribution in [0.25, 0.3) is 0 Å². The summed E-state index contributed by atoms with van der Waals surface area (Å²) in [6.07, 6.45) is 2.26. The number of carbonyl (C=O) groups excluding carboxylic acids is 1. The summed E-state index contributed by atoms with van der Waals surface area (Å²) in [5, 5.41) is 9.32. The number of aliphatic hydroxyl groups excluding tert-OH is 1. The minimum atomic E-state index is -2.04. The molecule has 0 atom stereocenters. The van der Waals surface area contributed by atoms with Crippen LogP contribution in [0.3, 0.4) is 0 Å². The van der Waals surface area contributed by atoms with E-state index in [1.165, 1.54) is 6.20 Å². The second kappa shape index (κ2) is 5.42. The third kappa shape index (κ3) is 3.22. The maximum absolute atomic E-state index is 11.3. The van der Waals surface area contributed by atoms with Crippen molar-refractivity contribution in [1.29, 1.82) is 0 Å². The smallest absolute Gasteiger partial charge is 0.250 e. The zero-order valence-electron chi connectivity index (χ0n) is 12.6. The van der Waals surface area contributed by atoms with E-state index in [0.717, 1.165) is 6.29 Å². The van der Waals surface area contributed by atoms with Gasteiger partial charge in [0.1, 0.15) is 5.75 Å². The highest BCUT2D eigenvalue weighted by molar-refractivity contribution is 6.74. The van der Waals surface area contributed by atoms with Crippen molar-refractivity contribution in [3.63, 3.8) is 0 Å². The molecule has 1 rings (SSSR count). The van der Waals surface area contributed by atoms with Gasteiger partial charge in [-0.2, -0.15) is 0 Å². The summed E-state index contributed by atoms with van der Waals surface area (Å²) in [4.78, 5) is 15.5. The number of aryl methyl sites for hydroxylation is 1. The van der Waals surface area contributed by atoms with Gasteiger partial charge in [0, 0.05) is 11.8 Å². The highest BCUT2D eigenvalue weighted by atomic mass is 28.4. The SMILES string of the molecule is Cc1ncc(CO)c(C=O)c1O[Si](C)(C)C(C)(C)C. The van der Waals surface area contributed by atoms with E-state index in [9.17, 15) is 9.90 Å². The number of nitrogens with zero attached hydrogens (tertiary/aromatic N) is 1. The van der Waals surface area contributed by atoms with Crippen molar-refractivity contribution in [2.45, 2.75) is 52.4 Å². The van der Waals surface area contributed by atoms with Crippen molar-refractivity contribution >= 4 is 14.6 Å². The second-order valence-corrected chi connectivity index (χ2v) is 11.0. The molecule has 4 nitrogen and oxygen atoms in total. The van der Waals surface area contributed by atoms with Crippen molar-refractivity contribution in [2.24, 2.45) is 0 Å². The summed E-state index contributed by atoms with van der Waals surface area (Å²) < 4.78 is 6.20. The summed E-state index contributed by atoms with van der Waals surface area (Å²) >= 11 is 0. The molecule has 106 valence electrons. The highest BCUT2D eigenvalue weighted by Crippen LogP contribution is 2.39. The summed E-state index contributed by atoms with van der Waals surface area (Å²) in [6.45, 7) is 12.3. The lowest BCUT2D eigenvalue weighted by molar-refractivity contribution is 0.111. The summed E-state index contributed by atoms with van der Waals surface area (Å²) in [5.41, 5.74) is 1.61. The van der Waals surface area contributed by atoms with Gasteiger partial charge in [0.25, 0.3) is 8.32 Å². The van der Waals surface area contributed by atoms with E-state index < -0.39 is 8.32 Å². The van der Waals surface area contributed by atoms with E-state index in [-0.39, 0.29) is 11.6 Å². The Morgan fingerprint density at radius 2 is 2.00 bits per heavy atom. The average Bonchev–Trinajstić information content (AvgIpc) is 2.29. The number of hydrogen-bond acceptors (Lipinski definition) is 4. The van der Waals surface area contributed by atoms with Crippen molar-refractivity contribution in [3.8, 4) is 5.75 Å². The van der Waals surface area contributed by atoms with Gasteiger partial charge in [-0.05, 0) is 25.1 Å². The molecule has 0 aliphatic carbocycles. The van der Waals surface area contributed by atoms with Crippen LogP contribution >= 0.6 is 0 Å². The van der Waals surface area contributed by atoms with E-state index >= 15 is 0 Å². The average molecular weight is 281 g/mol. The van der Waals surface area contributed by atoms with E-state index in [4.69, 9.17) is 4.43 Å². The van der Waals surface area contributed by atoms with Crippen molar-refractivity contribution in [3.05, 3.63) is 23.0 Å². The van der Waals surface area contributed by atoms with E-state index in [1.807, 2.05) is 6.92 Å². The number of rotatable bonds is 4. The molecular formula is C14H23NO3Si. The lowest BCUT2D eigenvalue weighted by Gasteiger charge is -2.37. The Morgan fingerprint density at radius 3 is 2.42 bits per heavy atom. The molecule has 19 heavy (non-hydrogen) atoms. The first-order chi connectivity index (χ1) is 8.64. The fraction of sp³-hybridized carbons (Fsp3) is 0.571. The standard InChI is InChI=1S/C14H23NO3Si/c1-10-13(18-19(5,6)14(2,3)4)12(9-17)11(8-16)7-15-10/h7,9,16H,8H2,1-6H3. The van der Waals surface area contributed by atoms with Gasteiger partial charge < -0.3 is 9.53 Å². The summed E-state index contributed by atoms with van der Waals surface area (Å²) in [6, 6.07) is 0. The van der Waals surface area contributed by atoms with Crippen molar-refractivity contribution < 1.29 is 14.3 Å². The number of aliphatic hydroxyl groups is 1. The molecule has 0 amide bonds. The first-order valence-electron chi connectivity index (χ1n) is 6.37. The van der Waals surface area contributed by atoms with Gasteiger partial charge in [0.05, 0.1) is 17.9 Å². The molecular weight excluding hydrogens is 258 g/mol. The van der Waals surface area contributed by atoms with Gasteiger partial charge >= 0.3 is 0 Å². The van der Waals surface area contributed by atoms with Gasteiger partial charge in [-0.25, -0.2) is 0 Å². The lowest BCUT2D eigenvalue weighted by atomic mass is 10.1. The molecule has 0 aliphatic heterocycles. The van der Waals surface area contributed by atoms with Gasteiger partial charge in [0.15, 0.2) is 6.29 Å². The Hall–Kier alpha value is -1.20. The molecule has 5 heteroatoms. The molecule has 1 heterocycles. The first kappa shape index (κ1) is 15.9. The van der Waals surface area contributed by atoms with Gasteiger partial charge in [0.2, 0.25) is 0 Å². The van der Waals surface area contributed by atoms with Crippen LogP contribution in [0.1, 0.15) is 42.4 Å². The van der Waals surface area contributed by atoms with Crippen molar-refractivity contribution in [1.82, 2.24) is 4.98 Å². The van der Waals surface area contributed by atoms with Crippen LogP contribution in [0.15, 0.2) is 6.20 Å². The lowest BCUT2D eigenvalue weighted by Crippen LogP contribution is -2.44. The Labute approximate surface area is 116 Å². The van der Waals surface area contributed by atoms with Gasteiger partial charge in [-0.15, -0.1) is 0 Å². The molecule has 0 radical (unpaired) electrons. The molecule has 0 aromatic carbocycles. The third-order valence-corrected chi connectivity index (χ3v) is 8.11. The summed E-state index contributed by atoms with van der Waals surface area (Å²) in [7, 11) is -2.04. The quantitative estimate of drug-likeness (QED) is 0.680. The van der Waals surface area contributed by atoms with Crippen LogP contribution in [0, 0.1) is 6.92 Å². The Balaban J connectivity index is 3.31. The predicted molar refractivity (Wildman–Crippen MR) is 78.1 cm³/mol. The van der Waals surface area contributed by atoms with Crippen LogP contribution in [-0.2, 0) is 6.61 Å². The topological polar surface area (TPSA) is 59.4 Å². The predicted octanol–water partition coefficient (Wildman–Crippen LogP) is 3.08. The second-order valence-electron chi connectivity index (χ2n) is 6.25.